The van der Waals surface area contributed by atoms with Crippen molar-refractivity contribution < 1.29 is 14.8 Å². The maximum Gasteiger partial charge on any atom is 0.293 e. The van der Waals surface area contributed by atoms with Crippen LogP contribution >= 0.6 is 0 Å². The molecule has 0 bridgehead atoms. The van der Waals surface area contributed by atoms with Gasteiger partial charge in [-0.3, -0.25) is 14.9 Å². The molecule has 1 rings (SSSR count). The molecule has 0 radical (unpaired) electrons. The molecule has 0 fully saturated rings. The number of ketones is 1. The largest absolute Gasteiger partial charge is 0.394 e. The van der Waals surface area contributed by atoms with Gasteiger partial charge >= 0.3 is 0 Å². The summed E-state index contributed by atoms with van der Waals surface area (Å²) >= 11 is 0. The average Bonchev–Trinajstić information content (AvgIpc) is 2.36. The molecule has 0 saturated heterocycles. The molecule has 6 nitrogen and oxygen atoms in total. The number of likely N-dealkylation sites (N-methyl/N-ethyl adjacent to an activating group) is 1. The Balaban J connectivity index is 3.36. The fourth-order valence-corrected chi connectivity index (χ4v) is 1.60. The van der Waals surface area contributed by atoms with Crippen molar-refractivity contribution in [3.05, 3.63) is 33.9 Å². The van der Waals surface area contributed by atoms with Crippen LogP contribution < -0.4 is 4.90 Å². The number of nitrogens with zero attached hydrogens (tertiary/aromatic N) is 2. The van der Waals surface area contributed by atoms with Crippen LogP contribution in [-0.2, 0) is 0 Å². The first-order valence-corrected chi connectivity index (χ1v) is 5.85. The topological polar surface area (TPSA) is 83.7 Å². The summed E-state index contributed by atoms with van der Waals surface area (Å²) in [6, 6.07) is 4.35. The number of hydrogen-bond acceptors (Lipinski definition) is 5. The standard InChI is InChI=1S/C13H18N2O4/c1-9(17)10-5-6-11(12(7-10)15(18)19)14(4)13(2,3)8-16/h5-7,16H,8H2,1-4H3. The monoisotopic (exact) mass is 266 g/mol. The number of nitro benzene ring substituents is 1. The summed E-state index contributed by atoms with van der Waals surface area (Å²) in [5.74, 6) is -0.223. The number of aliphatic hydroxyl groups is 1. The van der Waals surface area contributed by atoms with E-state index >= 15 is 0 Å². The van der Waals surface area contributed by atoms with E-state index in [0.29, 0.717) is 11.3 Å². The second-order valence-electron chi connectivity index (χ2n) is 5.05. The summed E-state index contributed by atoms with van der Waals surface area (Å²) in [6.45, 7) is 4.76. The smallest absolute Gasteiger partial charge is 0.293 e. The van der Waals surface area contributed by atoms with Crippen molar-refractivity contribution in [2.45, 2.75) is 26.3 Å². The molecule has 104 valence electrons. The van der Waals surface area contributed by atoms with Gasteiger partial charge in [0.25, 0.3) is 5.69 Å². The second-order valence-corrected chi connectivity index (χ2v) is 5.05. The van der Waals surface area contributed by atoms with Crippen LogP contribution in [0, 0.1) is 10.1 Å². The molecule has 0 unspecified atom stereocenters. The first kappa shape index (κ1) is 15.1. The van der Waals surface area contributed by atoms with E-state index in [1.807, 2.05) is 0 Å². The first-order valence-electron chi connectivity index (χ1n) is 5.85. The van der Waals surface area contributed by atoms with Gasteiger partial charge in [-0.1, -0.05) is 0 Å². The maximum absolute atomic E-state index is 11.3. The molecule has 0 heterocycles. The van der Waals surface area contributed by atoms with Crippen LogP contribution in [0.4, 0.5) is 11.4 Å². The van der Waals surface area contributed by atoms with Crippen molar-refractivity contribution in [3.63, 3.8) is 0 Å². The molecule has 1 aromatic rings. The molecule has 0 aliphatic heterocycles. The first-order chi connectivity index (χ1) is 8.70. The Labute approximate surface area is 111 Å². The minimum atomic E-state index is -0.636. The molecule has 0 aliphatic rings. The van der Waals surface area contributed by atoms with E-state index in [2.05, 4.69) is 0 Å². The highest BCUT2D eigenvalue weighted by molar-refractivity contribution is 5.95. The molecule has 0 atom stereocenters. The van der Waals surface area contributed by atoms with Gasteiger partial charge in [0.15, 0.2) is 5.78 Å². The Morgan fingerprint density at radius 1 is 1.47 bits per heavy atom. The molecule has 0 aliphatic carbocycles. The van der Waals surface area contributed by atoms with Gasteiger partial charge in [0, 0.05) is 18.7 Å². The van der Waals surface area contributed by atoms with E-state index in [0.717, 1.165) is 0 Å². The Bertz CT molecular complexity index is 511. The van der Waals surface area contributed by atoms with Crippen LogP contribution in [0.2, 0.25) is 0 Å². The number of Topliss-reactive ketones (excluding diaryl/α,β-unsaturated/α-hetero) is 1. The number of benzene rings is 1. The average molecular weight is 266 g/mol. The molecule has 0 spiro atoms. The summed E-state index contributed by atoms with van der Waals surface area (Å²) in [5.41, 5.74) is -0.112. The van der Waals surface area contributed by atoms with E-state index in [1.165, 1.54) is 19.1 Å². The van der Waals surface area contributed by atoms with Gasteiger partial charge in [0.05, 0.1) is 17.1 Å². The molecule has 19 heavy (non-hydrogen) atoms. The highest BCUT2D eigenvalue weighted by Gasteiger charge is 2.28. The van der Waals surface area contributed by atoms with Crippen molar-refractivity contribution in [3.8, 4) is 0 Å². The van der Waals surface area contributed by atoms with Crippen molar-refractivity contribution in [1.82, 2.24) is 0 Å². The third-order valence-electron chi connectivity index (χ3n) is 3.23. The third-order valence-corrected chi connectivity index (χ3v) is 3.23. The lowest BCUT2D eigenvalue weighted by Gasteiger charge is -2.35. The zero-order valence-electron chi connectivity index (χ0n) is 11.5. The quantitative estimate of drug-likeness (QED) is 0.500. The van der Waals surface area contributed by atoms with Gasteiger partial charge in [0.1, 0.15) is 5.69 Å². The lowest BCUT2D eigenvalue weighted by molar-refractivity contribution is -0.384. The lowest BCUT2D eigenvalue weighted by Crippen LogP contribution is -2.44. The highest BCUT2D eigenvalue weighted by Crippen LogP contribution is 2.32. The minimum Gasteiger partial charge on any atom is -0.394 e. The Morgan fingerprint density at radius 2 is 2.05 bits per heavy atom. The summed E-state index contributed by atoms with van der Waals surface area (Å²) in [6.07, 6.45) is 0. The zero-order chi connectivity index (χ0) is 14.8. The van der Waals surface area contributed by atoms with E-state index in [1.54, 1.807) is 31.9 Å². The number of nitro groups is 1. The Kier molecular flexibility index (Phi) is 4.26. The number of aliphatic hydroxyl groups excluding tert-OH is 1. The Morgan fingerprint density at radius 3 is 2.47 bits per heavy atom. The van der Waals surface area contributed by atoms with E-state index < -0.39 is 10.5 Å². The van der Waals surface area contributed by atoms with Crippen LogP contribution in [0.3, 0.4) is 0 Å². The minimum absolute atomic E-state index is 0.142. The van der Waals surface area contributed by atoms with Gasteiger partial charge in [-0.2, -0.15) is 0 Å². The third kappa shape index (κ3) is 3.08. The molecular weight excluding hydrogens is 248 g/mol. The summed E-state index contributed by atoms with van der Waals surface area (Å²) in [7, 11) is 1.67. The fourth-order valence-electron chi connectivity index (χ4n) is 1.60. The zero-order valence-corrected chi connectivity index (χ0v) is 11.5. The predicted molar refractivity (Wildman–Crippen MR) is 72.7 cm³/mol. The van der Waals surface area contributed by atoms with E-state index in [4.69, 9.17) is 0 Å². The van der Waals surface area contributed by atoms with Crippen molar-refractivity contribution in [2.75, 3.05) is 18.6 Å². The molecule has 0 saturated carbocycles. The van der Waals surface area contributed by atoms with Crippen LogP contribution in [0.1, 0.15) is 31.1 Å². The summed E-state index contributed by atoms with van der Waals surface area (Å²) in [4.78, 5) is 23.5. The van der Waals surface area contributed by atoms with Gasteiger partial charge in [-0.05, 0) is 32.9 Å². The molecule has 1 aromatic carbocycles. The van der Waals surface area contributed by atoms with Crippen molar-refractivity contribution in [1.29, 1.82) is 0 Å². The van der Waals surface area contributed by atoms with E-state index in [-0.39, 0.29) is 18.1 Å². The van der Waals surface area contributed by atoms with Crippen LogP contribution in [0.25, 0.3) is 0 Å². The number of rotatable bonds is 5. The lowest BCUT2D eigenvalue weighted by atomic mass is 10.0. The van der Waals surface area contributed by atoms with Gasteiger partial charge < -0.3 is 10.0 Å². The van der Waals surface area contributed by atoms with E-state index in [9.17, 15) is 20.0 Å². The van der Waals surface area contributed by atoms with Gasteiger partial charge in [-0.15, -0.1) is 0 Å². The molecule has 0 amide bonds. The SMILES string of the molecule is CC(=O)c1ccc(N(C)C(C)(C)CO)c([N+](=O)[O-])c1. The number of hydrogen-bond donors (Lipinski definition) is 1. The number of carbonyl (C=O) groups is 1. The summed E-state index contributed by atoms with van der Waals surface area (Å²) < 4.78 is 0. The molecule has 1 N–H and O–H groups in total. The normalized spacial score (nSPS) is 11.2. The molecular formula is C13H18N2O4. The van der Waals surface area contributed by atoms with Crippen molar-refractivity contribution in [2.24, 2.45) is 0 Å². The van der Waals surface area contributed by atoms with Gasteiger partial charge in [-0.25, -0.2) is 0 Å². The molecule has 0 aromatic heterocycles. The molecule has 6 heteroatoms. The maximum atomic E-state index is 11.3. The Hall–Kier alpha value is -1.95. The number of carbonyl (C=O) groups excluding carboxylic acids is 1. The van der Waals surface area contributed by atoms with Crippen LogP contribution in [-0.4, -0.2) is 35.0 Å². The predicted octanol–water partition coefficient (Wildman–Crippen LogP) is 2.00. The highest BCUT2D eigenvalue weighted by atomic mass is 16.6. The van der Waals surface area contributed by atoms with Crippen LogP contribution in [0.15, 0.2) is 18.2 Å². The van der Waals surface area contributed by atoms with Crippen LogP contribution in [0.5, 0.6) is 0 Å². The number of anilines is 1. The second kappa shape index (κ2) is 5.36. The van der Waals surface area contributed by atoms with Gasteiger partial charge in [0.2, 0.25) is 0 Å². The fraction of sp³-hybridized carbons (Fsp3) is 0.462. The van der Waals surface area contributed by atoms with Crippen molar-refractivity contribution >= 4 is 17.2 Å². The summed E-state index contributed by atoms with van der Waals surface area (Å²) in [5, 5.41) is 20.5.